The molecule has 8 heterocycles. The number of H-pyrrole nitrogens is 2. The van der Waals surface area contributed by atoms with Crippen LogP contribution in [0.5, 0.6) is 0 Å². The van der Waals surface area contributed by atoms with Crippen molar-refractivity contribution in [1.29, 1.82) is 0 Å². The molecule has 336 valence electrons. The summed E-state index contributed by atoms with van der Waals surface area (Å²) < 4.78 is 68.4. The monoisotopic (exact) mass is 916 g/mol. The van der Waals surface area contributed by atoms with Crippen LogP contribution in [0, 0.1) is 6.92 Å². The summed E-state index contributed by atoms with van der Waals surface area (Å²) in [6.07, 6.45) is -12.9. The van der Waals surface area contributed by atoms with Gasteiger partial charge in [0, 0.05) is 18.2 Å². The van der Waals surface area contributed by atoms with E-state index in [1.165, 1.54) is 17.7 Å². The van der Waals surface area contributed by atoms with Crippen LogP contribution in [0.3, 0.4) is 0 Å². The number of hydrogen-bond acceptors (Lipinski definition) is 23. The number of aromatic amines is 2. The highest BCUT2D eigenvalue weighted by Gasteiger charge is 2.52. The number of nitrogens with one attached hydrogen (secondary N) is 2. The molecule has 0 saturated carbocycles. The summed E-state index contributed by atoms with van der Waals surface area (Å²) in [4.78, 5) is 82.6. The minimum absolute atomic E-state index is 0.0396. The number of aromatic nitrogens is 10. The molecule has 0 amide bonds. The van der Waals surface area contributed by atoms with Gasteiger partial charge in [0.15, 0.2) is 35.1 Å². The van der Waals surface area contributed by atoms with Gasteiger partial charge in [-0.05, 0) is 6.92 Å². The molecule has 62 heavy (non-hydrogen) atoms. The smallest absolute Gasteiger partial charge is 0.394 e. The lowest BCUT2D eigenvalue weighted by Crippen LogP contribution is -2.37. The summed E-state index contributed by atoms with van der Waals surface area (Å²) in [6.45, 7) is -1.19. The first kappa shape index (κ1) is 43.8. The van der Waals surface area contributed by atoms with E-state index in [2.05, 4.69) is 34.9 Å². The van der Waals surface area contributed by atoms with Crippen LogP contribution in [-0.2, 0) is 41.4 Å². The van der Waals surface area contributed by atoms with Gasteiger partial charge in [-0.3, -0.25) is 51.4 Å². The van der Waals surface area contributed by atoms with E-state index in [0.717, 1.165) is 28.1 Å². The van der Waals surface area contributed by atoms with E-state index in [0.29, 0.717) is 0 Å². The van der Waals surface area contributed by atoms with Gasteiger partial charge in [0.1, 0.15) is 66.9 Å². The highest BCUT2D eigenvalue weighted by atomic mass is 31.2. The number of anilines is 2. The number of nitrogen functional groups attached to an aromatic ring is 2. The third kappa shape index (κ3) is 8.34. The molecule has 5 aromatic heterocycles. The van der Waals surface area contributed by atoms with E-state index < -0.39 is 120 Å². The molecule has 5 aromatic rings. The Bertz CT molecular complexity index is 2760. The fraction of sp³-hybridized carbons (Fsp3) is 0.533. The number of aliphatic hydroxyl groups is 4. The minimum Gasteiger partial charge on any atom is -0.394 e. The highest BCUT2D eigenvalue weighted by Crippen LogP contribution is 2.52. The van der Waals surface area contributed by atoms with Crippen molar-refractivity contribution >= 4 is 49.7 Å². The maximum absolute atomic E-state index is 13.5. The van der Waals surface area contributed by atoms with Crippen molar-refractivity contribution in [3.63, 3.8) is 0 Å². The summed E-state index contributed by atoms with van der Waals surface area (Å²) in [6, 6.07) is 0. The van der Waals surface area contributed by atoms with E-state index in [1.807, 2.05) is 0 Å². The summed E-state index contributed by atoms with van der Waals surface area (Å²) >= 11 is 0. The molecule has 3 saturated heterocycles. The number of aliphatic hydroxyl groups excluding tert-OH is 4. The number of phosphoric acid groups is 2. The normalized spacial score (nSPS) is 30.9. The summed E-state index contributed by atoms with van der Waals surface area (Å²) in [5.41, 5.74) is 9.36. The van der Waals surface area contributed by atoms with Crippen LogP contribution in [0.4, 0.5) is 11.8 Å². The maximum Gasteiger partial charge on any atom is 0.472 e. The number of phosphoric ester groups is 2. The van der Waals surface area contributed by atoms with Gasteiger partial charge in [0.25, 0.3) is 11.1 Å². The molecule has 12 N–H and O–H groups in total. The minimum atomic E-state index is -5.34. The van der Waals surface area contributed by atoms with Gasteiger partial charge >= 0.3 is 21.3 Å². The van der Waals surface area contributed by atoms with Crippen molar-refractivity contribution in [3.05, 3.63) is 61.9 Å². The Labute approximate surface area is 343 Å². The lowest BCUT2D eigenvalue weighted by molar-refractivity contribution is -0.0621. The second-order valence-corrected chi connectivity index (χ2v) is 17.0. The quantitative estimate of drug-likeness (QED) is 0.0477. The van der Waals surface area contributed by atoms with Crippen molar-refractivity contribution in [1.82, 2.24) is 48.6 Å². The SMILES string of the molecule is Cc1cn([C@H]2C[C@H](OP(=O)(O)OC[C@H]3O[C@@H](n4cnc5c(N)ncnc54)[C@H](O)[C@@H]3OP(=O)(O)OC[C@H]3O[C@@H](n4cnc5c(=O)[nH]c(N)nc54)[C@H](O)[C@@H]3O)[C@@H](CO)O2)c(=O)[nH]c1=O. The van der Waals surface area contributed by atoms with Gasteiger partial charge in [-0.2, -0.15) is 4.98 Å². The van der Waals surface area contributed by atoms with Crippen LogP contribution >= 0.6 is 15.6 Å². The maximum atomic E-state index is 13.5. The van der Waals surface area contributed by atoms with E-state index in [1.54, 1.807) is 0 Å². The topological polar surface area (TPSA) is 434 Å². The Morgan fingerprint density at radius 2 is 1.44 bits per heavy atom. The molecular weight excluding hydrogens is 878 g/mol. The highest BCUT2D eigenvalue weighted by molar-refractivity contribution is 7.47. The molecule has 30 nitrogen and oxygen atoms in total. The standard InChI is InChI=1S/C30H38N12O18P2/c1-10-3-40(30(49)39-25(10)47)15-2-11(12(4-43)56-15)59-61(50,51)55-6-14-21(20(46)28(58-14)41-8-35-16-22(31)33-7-34-23(16)41)60-62(52,53)54-5-13-18(44)19(45)27(57-13)42-9-36-17-24(42)37-29(32)38-26(17)48/h3,7-9,11-15,18-21,27-28,43-46H,2,4-6H2,1H3,(H,50,51)(H,52,53)(H2,31,33,34)(H,39,47,49)(H3,32,37,38,48)/t11-,12+,13+,14+,15+,18+,19+,20+,21+,27+,28+/m0/s1. The van der Waals surface area contributed by atoms with Crippen LogP contribution < -0.4 is 28.3 Å². The summed E-state index contributed by atoms with van der Waals surface area (Å²) in [7, 11) is -10.5. The zero-order chi connectivity index (χ0) is 44.4. The second-order valence-electron chi connectivity index (χ2n) is 14.2. The van der Waals surface area contributed by atoms with Crippen molar-refractivity contribution in [2.45, 2.75) is 80.9 Å². The van der Waals surface area contributed by atoms with E-state index in [-0.39, 0.29) is 46.1 Å². The zero-order valence-corrected chi connectivity index (χ0v) is 33.5. The number of fused-ring (bicyclic) bond motifs is 2. The molecule has 0 aromatic carbocycles. The lowest BCUT2D eigenvalue weighted by atomic mass is 10.1. The Morgan fingerprint density at radius 1 is 0.790 bits per heavy atom. The van der Waals surface area contributed by atoms with E-state index in [4.69, 9.17) is 43.8 Å². The predicted molar refractivity (Wildman–Crippen MR) is 201 cm³/mol. The zero-order valence-electron chi connectivity index (χ0n) is 31.7. The van der Waals surface area contributed by atoms with Crippen molar-refractivity contribution in [2.75, 3.05) is 31.3 Å². The average molecular weight is 917 g/mol. The molecule has 3 fully saturated rings. The molecule has 0 bridgehead atoms. The fourth-order valence-electron chi connectivity index (χ4n) is 7.16. The van der Waals surface area contributed by atoms with Crippen LogP contribution in [0.25, 0.3) is 22.3 Å². The van der Waals surface area contributed by atoms with Crippen molar-refractivity contribution < 1.29 is 71.6 Å². The summed E-state index contributed by atoms with van der Waals surface area (Å²) in [5.74, 6) is -0.322. The molecule has 2 unspecified atom stereocenters. The number of nitrogens with two attached hydrogens (primary N) is 2. The van der Waals surface area contributed by atoms with E-state index in [9.17, 15) is 53.7 Å². The Balaban J connectivity index is 0.977. The Morgan fingerprint density at radius 3 is 2.16 bits per heavy atom. The van der Waals surface area contributed by atoms with E-state index >= 15 is 0 Å². The first-order valence-electron chi connectivity index (χ1n) is 18.2. The fourth-order valence-corrected chi connectivity index (χ4v) is 9.09. The van der Waals surface area contributed by atoms with Gasteiger partial charge in [-0.1, -0.05) is 0 Å². The number of hydrogen-bond donors (Lipinski definition) is 10. The number of nitrogens with zero attached hydrogens (tertiary/aromatic N) is 8. The Kier molecular flexibility index (Phi) is 11.8. The molecule has 3 aliphatic heterocycles. The third-order valence-electron chi connectivity index (χ3n) is 10.2. The van der Waals surface area contributed by atoms with Crippen LogP contribution in [-0.4, -0.2) is 147 Å². The molecular formula is C30H38N12O18P2. The number of aryl methyl sites for hydroxylation is 1. The van der Waals surface area contributed by atoms with Gasteiger partial charge in [0.05, 0.1) is 32.5 Å². The largest absolute Gasteiger partial charge is 0.472 e. The predicted octanol–water partition coefficient (Wildman–Crippen LogP) is -3.86. The molecule has 0 spiro atoms. The first-order chi connectivity index (χ1) is 29.3. The van der Waals surface area contributed by atoms with Crippen LogP contribution in [0.15, 0.2) is 39.6 Å². The van der Waals surface area contributed by atoms with Crippen molar-refractivity contribution in [2.24, 2.45) is 0 Å². The Hall–Kier alpha value is -4.88. The van der Waals surface area contributed by atoms with Gasteiger partial charge in [-0.15, -0.1) is 0 Å². The second kappa shape index (κ2) is 16.7. The number of ether oxygens (including phenoxy) is 3. The molecule has 0 radical (unpaired) electrons. The molecule has 32 heteroatoms. The lowest BCUT2D eigenvalue weighted by Gasteiger charge is -2.25. The van der Waals surface area contributed by atoms with Gasteiger partial charge in [-0.25, -0.2) is 33.9 Å². The third-order valence-corrected chi connectivity index (χ3v) is 12.2. The molecule has 3 aliphatic rings. The molecule has 0 aliphatic carbocycles. The molecule has 13 atom stereocenters. The van der Waals surface area contributed by atoms with Crippen LogP contribution in [0.1, 0.15) is 30.7 Å². The summed E-state index contributed by atoms with van der Waals surface area (Å²) in [5, 5.41) is 43.0. The van der Waals surface area contributed by atoms with Gasteiger partial charge in [0.2, 0.25) is 5.95 Å². The first-order valence-corrected chi connectivity index (χ1v) is 21.2. The number of imidazole rings is 2. The average Bonchev–Trinajstić information content (AvgIpc) is 4.04. The number of rotatable bonds is 14. The molecule has 8 rings (SSSR count). The van der Waals surface area contributed by atoms with Crippen LogP contribution in [0.2, 0.25) is 0 Å². The van der Waals surface area contributed by atoms with Crippen molar-refractivity contribution in [3.8, 4) is 0 Å². The van der Waals surface area contributed by atoms with Gasteiger partial charge < -0.3 is 55.9 Å².